The predicted octanol–water partition coefficient (Wildman–Crippen LogP) is -0.0698. The number of hydrogen-bond donors (Lipinski definition) is 1. The highest BCUT2D eigenvalue weighted by molar-refractivity contribution is 5.72. The van der Waals surface area contributed by atoms with Crippen LogP contribution in [0, 0.1) is 6.92 Å². The molecule has 2 aromatic heterocycles. The Morgan fingerprint density at radius 2 is 2.07 bits per heavy atom. The molecule has 0 spiro atoms. The quantitative estimate of drug-likeness (QED) is 0.633. The van der Waals surface area contributed by atoms with Gasteiger partial charge in [-0.25, -0.2) is 4.98 Å². The van der Waals surface area contributed by atoms with Crippen molar-refractivity contribution in [2.24, 2.45) is 7.05 Å². The highest BCUT2D eigenvalue weighted by Crippen LogP contribution is 2.00. The Morgan fingerprint density at radius 3 is 2.79 bits per heavy atom. The Kier molecular flexibility index (Phi) is 1.73. The first-order valence-corrected chi connectivity index (χ1v) is 4.16. The molecular formula is C9H9N3O2. The Hall–Kier alpha value is -1.91. The van der Waals surface area contributed by atoms with Crippen LogP contribution in [0.3, 0.4) is 0 Å². The van der Waals surface area contributed by atoms with E-state index in [1.165, 1.54) is 16.7 Å². The minimum atomic E-state index is -0.252. The number of aryl methyl sites for hydroxylation is 1. The lowest BCUT2D eigenvalue weighted by molar-refractivity contribution is 0.789. The van der Waals surface area contributed by atoms with Crippen molar-refractivity contribution in [3.63, 3.8) is 0 Å². The van der Waals surface area contributed by atoms with Gasteiger partial charge in [0.2, 0.25) is 5.56 Å². The molecule has 1 N–H and O–H groups in total. The minimum absolute atomic E-state index is 0.149. The van der Waals surface area contributed by atoms with Crippen LogP contribution in [0.25, 0.3) is 11.0 Å². The normalized spacial score (nSPS) is 10.7. The maximum absolute atomic E-state index is 11.7. The van der Waals surface area contributed by atoms with E-state index in [2.05, 4.69) is 9.97 Å². The second-order valence-electron chi connectivity index (χ2n) is 3.11. The van der Waals surface area contributed by atoms with Gasteiger partial charge in [0.1, 0.15) is 11.5 Å². The number of H-pyrrole nitrogens is 1. The molecule has 5 nitrogen and oxygen atoms in total. The summed E-state index contributed by atoms with van der Waals surface area (Å²) >= 11 is 0. The number of aromatic nitrogens is 3. The summed E-state index contributed by atoms with van der Waals surface area (Å²) in [6, 6.07) is 2.81. The molecule has 0 aliphatic heterocycles. The van der Waals surface area contributed by atoms with Crippen molar-refractivity contribution in [3.8, 4) is 0 Å². The van der Waals surface area contributed by atoms with E-state index in [1.54, 1.807) is 14.0 Å². The smallest absolute Gasteiger partial charge is 0.262 e. The summed E-state index contributed by atoms with van der Waals surface area (Å²) in [6.07, 6.45) is 0. The second kappa shape index (κ2) is 2.80. The molecule has 0 aromatic carbocycles. The lowest BCUT2D eigenvalue weighted by Crippen LogP contribution is -2.22. The third-order valence-corrected chi connectivity index (χ3v) is 2.19. The van der Waals surface area contributed by atoms with Gasteiger partial charge in [0.05, 0.1) is 5.39 Å². The largest absolute Gasteiger partial charge is 0.306 e. The number of hydrogen-bond acceptors (Lipinski definition) is 3. The summed E-state index contributed by atoms with van der Waals surface area (Å²) in [7, 11) is 1.65. The van der Waals surface area contributed by atoms with Crippen molar-refractivity contribution in [1.82, 2.24) is 14.5 Å². The number of rotatable bonds is 0. The summed E-state index contributed by atoms with van der Waals surface area (Å²) in [5, 5.41) is 0.428. The van der Waals surface area contributed by atoms with Gasteiger partial charge in [-0.1, -0.05) is 0 Å². The summed E-state index contributed by atoms with van der Waals surface area (Å²) in [4.78, 5) is 29.3. The Balaban J connectivity index is 3.06. The van der Waals surface area contributed by atoms with E-state index in [0.29, 0.717) is 16.9 Å². The number of aromatic amines is 1. The molecule has 2 heterocycles. The monoisotopic (exact) mass is 191 g/mol. The number of nitrogens with zero attached hydrogens (tertiary/aromatic N) is 2. The fourth-order valence-corrected chi connectivity index (χ4v) is 1.29. The van der Waals surface area contributed by atoms with Gasteiger partial charge >= 0.3 is 0 Å². The molecule has 0 unspecified atom stereocenters. The fraction of sp³-hybridized carbons (Fsp3) is 0.222. The van der Waals surface area contributed by atoms with Gasteiger partial charge in [0.25, 0.3) is 5.56 Å². The van der Waals surface area contributed by atoms with Crippen LogP contribution in [0.2, 0.25) is 0 Å². The van der Waals surface area contributed by atoms with E-state index in [1.807, 2.05) is 0 Å². The number of nitrogens with one attached hydrogen (secondary N) is 1. The molecule has 0 radical (unpaired) electrons. The van der Waals surface area contributed by atoms with Crippen molar-refractivity contribution in [2.45, 2.75) is 6.92 Å². The van der Waals surface area contributed by atoms with Gasteiger partial charge in [-0.3, -0.25) is 14.2 Å². The maximum atomic E-state index is 11.7. The molecule has 0 saturated heterocycles. The highest BCUT2D eigenvalue weighted by atomic mass is 16.1. The molecule has 5 heteroatoms. The van der Waals surface area contributed by atoms with Crippen LogP contribution in [0.15, 0.2) is 21.7 Å². The third kappa shape index (κ3) is 1.14. The molecule has 0 aliphatic carbocycles. The molecule has 0 fully saturated rings. The van der Waals surface area contributed by atoms with E-state index in [0.717, 1.165) is 0 Å². The Labute approximate surface area is 79.0 Å². The standard InChI is InChI=1S/C9H9N3O2/c1-5-10-8-6(9(14)12(5)2)3-4-7(13)11-8/h3-4H,1-2H3,(H,11,13). The van der Waals surface area contributed by atoms with Crippen LogP contribution in [-0.2, 0) is 7.05 Å². The van der Waals surface area contributed by atoms with Gasteiger partial charge in [0.15, 0.2) is 0 Å². The first-order chi connectivity index (χ1) is 6.59. The summed E-state index contributed by atoms with van der Waals surface area (Å²) in [6.45, 7) is 1.71. The van der Waals surface area contributed by atoms with Crippen LogP contribution in [0.4, 0.5) is 0 Å². The topological polar surface area (TPSA) is 67.8 Å². The van der Waals surface area contributed by atoms with Gasteiger partial charge in [-0.05, 0) is 13.0 Å². The fourth-order valence-electron chi connectivity index (χ4n) is 1.29. The third-order valence-electron chi connectivity index (χ3n) is 2.19. The van der Waals surface area contributed by atoms with Gasteiger partial charge in [0, 0.05) is 13.1 Å². The van der Waals surface area contributed by atoms with Crippen molar-refractivity contribution in [1.29, 1.82) is 0 Å². The van der Waals surface area contributed by atoms with Crippen LogP contribution in [0.5, 0.6) is 0 Å². The molecule has 72 valence electrons. The first-order valence-electron chi connectivity index (χ1n) is 4.16. The van der Waals surface area contributed by atoms with E-state index in [9.17, 15) is 9.59 Å². The molecule has 0 amide bonds. The lowest BCUT2D eigenvalue weighted by atomic mass is 10.3. The van der Waals surface area contributed by atoms with E-state index >= 15 is 0 Å². The van der Waals surface area contributed by atoms with Crippen molar-refractivity contribution >= 4 is 11.0 Å². The zero-order valence-corrected chi connectivity index (χ0v) is 7.87. The average Bonchev–Trinajstić information content (AvgIpc) is 2.14. The van der Waals surface area contributed by atoms with Crippen LogP contribution < -0.4 is 11.1 Å². The molecule has 0 bridgehead atoms. The molecule has 0 aliphatic rings. The van der Waals surface area contributed by atoms with Crippen LogP contribution in [0.1, 0.15) is 5.82 Å². The predicted molar refractivity (Wildman–Crippen MR) is 52.3 cm³/mol. The van der Waals surface area contributed by atoms with E-state index in [4.69, 9.17) is 0 Å². The highest BCUT2D eigenvalue weighted by Gasteiger charge is 2.04. The van der Waals surface area contributed by atoms with Crippen molar-refractivity contribution < 1.29 is 0 Å². The molecule has 2 aromatic rings. The molecule has 14 heavy (non-hydrogen) atoms. The SMILES string of the molecule is Cc1nc2[nH]c(=O)ccc2c(=O)n1C. The van der Waals surface area contributed by atoms with Crippen LogP contribution in [-0.4, -0.2) is 14.5 Å². The van der Waals surface area contributed by atoms with Gasteiger partial charge < -0.3 is 4.98 Å². The zero-order valence-electron chi connectivity index (χ0n) is 7.87. The lowest BCUT2D eigenvalue weighted by Gasteiger charge is -2.03. The van der Waals surface area contributed by atoms with Crippen LogP contribution >= 0.6 is 0 Å². The Morgan fingerprint density at radius 1 is 1.36 bits per heavy atom. The molecule has 0 saturated carbocycles. The average molecular weight is 191 g/mol. The number of fused-ring (bicyclic) bond motifs is 1. The second-order valence-corrected chi connectivity index (χ2v) is 3.11. The van der Waals surface area contributed by atoms with E-state index < -0.39 is 0 Å². The first kappa shape index (κ1) is 8.68. The summed E-state index contributed by atoms with van der Waals surface area (Å²) < 4.78 is 1.45. The Bertz CT molecular complexity index is 609. The zero-order chi connectivity index (χ0) is 10.3. The van der Waals surface area contributed by atoms with E-state index in [-0.39, 0.29) is 11.1 Å². The number of pyridine rings is 1. The summed E-state index contributed by atoms with van der Waals surface area (Å²) in [5.74, 6) is 0.573. The van der Waals surface area contributed by atoms with Crippen molar-refractivity contribution in [2.75, 3.05) is 0 Å². The molecule has 0 atom stereocenters. The van der Waals surface area contributed by atoms with Gasteiger partial charge in [-0.2, -0.15) is 0 Å². The summed E-state index contributed by atoms with van der Waals surface area (Å²) in [5.41, 5.74) is -0.0560. The molecular weight excluding hydrogens is 182 g/mol. The molecule has 2 rings (SSSR count). The maximum Gasteiger partial charge on any atom is 0.262 e. The van der Waals surface area contributed by atoms with Gasteiger partial charge in [-0.15, -0.1) is 0 Å². The minimum Gasteiger partial charge on any atom is -0.306 e. The van der Waals surface area contributed by atoms with Crippen molar-refractivity contribution in [3.05, 3.63) is 38.7 Å².